The third kappa shape index (κ3) is 8.45. The summed E-state index contributed by atoms with van der Waals surface area (Å²) in [5.74, 6) is -3.86. The van der Waals surface area contributed by atoms with Gasteiger partial charge in [-0.25, -0.2) is 9.78 Å². The van der Waals surface area contributed by atoms with Gasteiger partial charge in [-0.3, -0.25) is 14.4 Å². The van der Waals surface area contributed by atoms with E-state index < -0.39 is 60.1 Å². The number of nitrogens with one attached hydrogen (secondary N) is 4. The fraction of sp³-hybridized carbons (Fsp3) is 0.435. The highest BCUT2D eigenvalue weighted by Gasteiger charge is 2.33. The summed E-state index contributed by atoms with van der Waals surface area (Å²) in [5, 5.41) is 36.4. The summed E-state index contributed by atoms with van der Waals surface area (Å²) in [7, 11) is 0. The monoisotopic (exact) mass is 504 g/mol. The van der Waals surface area contributed by atoms with Gasteiger partial charge in [0, 0.05) is 24.7 Å². The van der Waals surface area contributed by atoms with Crippen LogP contribution in [0.1, 0.15) is 25.1 Å². The van der Waals surface area contributed by atoms with Crippen LogP contribution in [0.2, 0.25) is 0 Å². The average molecular weight is 505 g/mol. The van der Waals surface area contributed by atoms with Crippen molar-refractivity contribution in [2.24, 2.45) is 5.73 Å². The number of H-pyrrole nitrogens is 1. The number of benzene rings is 1. The number of aliphatic hydroxyl groups is 2. The molecule has 196 valence electrons. The summed E-state index contributed by atoms with van der Waals surface area (Å²) < 4.78 is 0. The molecule has 13 heteroatoms. The molecule has 0 aliphatic heterocycles. The second-order valence-electron chi connectivity index (χ2n) is 8.42. The molecule has 0 radical (unpaired) electrons. The van der Waals surface area contributed by atoms with E-state index in [1.54, 1.807) is 30.3 Å². The number of nitrogens with two attached hydrogens (primary N) is 1. The Labute approximate surface area is 207 Å². The van der Waals surface area contributed by atoms with E-state index in [0.717, 1.165) is 0 Å². The standard InChI is InChI=1S/C23H32N6O7/c1-12(30)18(24)21(33)27-16(9-15-10-25-11-26-15)20(32)29-19(13(2)31)22(34)28-17(23(35)36)8-14-6-4-3-5-7-14/h3-7,10-13,16-19,30-31H,8-9,24H2,1-2H3,(H,25,26)(H,27,33)(H,28,34)(H,29,32)(H,35,36). The van der Waals surface area contributed by atoms with Gasteiger partial charge in [0.1, 0.15) is 24.2 Å². The number of nitrogens with zero attached hydrogens (tertiary/aromatic N) is 1. The molecular weight excluding hydrogens is 472 g/mol. The Morgan fingerprint density at radius 3 is 2.08 bits per heavy atom. The van der Waals surface area contributed by atoms with E-state index in [1.807, 2.05) is 0 Å². The second kappa shape index (κ2) is 13.3. The summed E-state index contributed by atoms with van der Waals surface area (Å²) in [4.78, 5) is 56.7. The van der Waals surface area contributed by atoms with Crippen LogP contribution in [0.3, 0.4) is 0 Å². The maximum absolute atomic E-state index is 13.1. The van der Waals surface area contributed by atoms with Gasteiger partial charge in [0.05, 0.1) is 18.5 Å². The summed E-state index contributed by atoms with van der Waals surface area (Å²) in [6.07, 6.45) is 0.138. The van der Waals surface area contributed by atoms with Crippen LogP contribution >= 0.6 is 0 Å². The first-order chi connectivity index (χ1) is 17.0. The average Bonchev–Trinajstić information content (AvgIpc) is 3.34. The number of carbonyl (C=O) groups is 4. The first-order valence-corrected chi connectivity index (χ1v) is 11.3. The zero-order chi connectivity index (χ0) is 26.8. The van der Waals surface area contributed by atoms with E-state index in [9.17, 15) is 34.5 Å². The molecule has 13 nitrogen and oxygen atoms in total. The number of carboxylic acids is 1. The van der Waals surface area contributed by atoms with Crippen molar-refractivity contribution in [1.82, 2.24) is 25.9 Å². The zero-order valence-electron chi connectivity index (χ0n) is 19.9. The third-order valence-electron chi connectivity index (χ3n) is 5.39. The fourth-order valence-electron chi connectivity index (χ4n) is 3.28. The van der Waals surface area contributed by atoms with E-state index in [2.05, 4.69) is 25.9 Å². The molecule has 36 heavy (non-hydrogen) atoms. The van der Waals surface area contributed by atoms with Crippen LogP contribution in [-0.2, 0) is 32.0 Å². The SMILES string of the molecule is CC(O)C(N)C(=O)NC(Cc1cnc[nH]1)C(=O)NC(C(=O)NC(Cc1ccccc1)C(=O)O)C(C)O. The number of imidazole rings is 1. The van der Waals surface area contributed by atoms with Crippen LogP contribution in [0.25, 0.3) is 0 Å². The quantitative estimate of drug-likeness (QED) is 0.148. The van der Waals surface area contributed by atoms with Gasteiger partial charge in [0.25, 0.3) is 0 Å². The molecule has 1 aromatic heterocycles. The lowest BCUT2D eigenvalue weighted by molar-refractivity contribution is -0.143. The minimum Gasteiger partial charge on any atom is -0.480 e. The molecule has 6 unspecified atom stereocenters. The molecule has 0 aliphatic rings. The number of aliphatic hydroxyl groups excluding tert-OH is 2. The van der Waals surface area contributed by atoms with Gasteiger partial charge in [-0.15, -0.1) is 0 Å². The highest BCUT2D eigenvalue weighted by molar-refractivity contribution is 5.94. The smallest absolute Gasteiger partial charge is 0.326 e. The van der Waals surface area contributed by atoms with Crippen LogP contribution in [0.5, 0.6) is 0 Å². The molecule has 0 fully saturated rings. The van der Waals surface area contributed by atoms with E-state index in [-0.39, 0.29) is 12.8 Å². The Morgan fingerprint density at radius 1 is 0.917 bits per heavy atom. The minimum atomic E-state index is -1.53. The molecule has 0 saturated carbocycles. The number of aliphatic carboxylic acids is 1. The highest BCUT2D eigenvalue weighted by Crippen LogP contribution is 2.06. The zero-order valence-corrected chi connectivity index (χ0v) is 19.9. The highest BCUT2D eigenvalue weighted by atomic mass is 16.4. The van der Waals surface area contributed by atoms with Crippen LogP contribution in [0.15, 0.2) is 42.9 Å². The molecule has 6 atom stereocenters. The summed E-state index contributed by atoms with van der Waals surface area (Å²) >= 11 is 0. The second-order valence-corrected chi connectivity index (χ2v) is 8.42. The van der Waals surface area contributed by atoms with Crippen molar-refractivity contribution in [1.29, 1.82) is 0 Å². The van der Waals surface area contributed by atoms with Crippen LogP contribution in [0.4, 0.5) is 0 Å². The number of hydrogen-bond donors (Lipinski definition) is 8. The third-order valence-corrected chi connectivity index (χ3v) is 5.39. The Hall–Kier alpha value is -3.81. The van der Waals surface area contributed by atoms with E-state index in [0.29, 0.717) is 11.3 Å². The van der Waals surface area contributed by atoms with Crippen molar-refractivity contribution in [3.63, 3.8) is 0 Å². The largest absolute Gasteiger partial charge is 0.480 e. The molecule has 1 aromatic carbocycles. The molecular formula is C23H32N6O7. The van der Waals surface area contributed by atoms with E-state index in [1.165, 1.54) is 26.4 Å². The van der Waals surface area contributed by atoms with E-state index >= 15 is 0 Å². The Bertz CT molecular complexity index is 1010. The molecule has 3 amide bonds. The van der Waals surface area contributed by atoms with Crippen molar-refractivity contribution in [2.45, 2.75) is 63.1 Å². The summed E-state index contributed by atoms with van der Waals surface area (Å²) in [5.41, 5.74) is 6.80. The first-order valence-electron chi connectivity index (χ1n) is 11.3. The molecule has 2 rings (SSSR count). The maximum Gasteiger partial charge on any atom is 0.326 e. The van der Waals surface area contributed by atoms with Gasteiger partial charge >= 0.3 is 5.97 Å². The van der Waals surface area contributed by atoms with Crippen molar-refractivity contribution >= 4 is 23.7 Å². The number of hydrogen-bond acceptors (Lipinski definition) is 8. The van der Waals surface area contributed by atoms with Crippen LogP contribution in [-0.4, -0.2) is 85.4 Å². The topological polar surface area (TPSA) is 220 Å². The molecule has 2 aromatic rings. The lowest BCUT2D eigenvalue weighted by atomic mass is 10.0. The molecule has 1 heterocycles. The molecule has 0 spiro atoms. The van der Waals surface area contributed by atoms with Crippen molar-refractivity contribution in [3.05, 3.63) is 54.1 Å². The van der Waals surface area contributed by atoms with Gasteiger partial charge in [-0.2, -0.15) is 0 Å². The molecule has 0 bridgehead atoms. The fourth-order valence-corrected chi connectivity index (χ4v) is 3.28. The normalized spacial score (nSPS) is 16.0. The van der Waals surface area contributed by atoms with Crippen molar-refractivity contribution in [2.75, 3.05) is 0 Å². The summed E-state index contributed by atoms with van der Waals surface area (Å²) in [6.45, 7) is 2.57. The lowest BCUT2D eigenvalue weighted by Crippen LogP contribution is -2.61. The van der Waals surface area contributed by atoms with E-state index in [4.69, 9.17) is 5.73 Å². The van der Waals surface area contributed by atoms with Crippen LogP contribution < -0.4 is 21.7 Å². The predicted octanol–water partition coefficient (Wildman–Crippen LogP) is -2.18. The van der Waals surface area contributed by atoms with Gasteiger partial charge in [0.15, 0.2) is 0 Å². The maximum atomic E-state index is 13.1. The number of carboxylic acid groups (broad SMARTS) is 1. The van der Waals surface area contributed by atoms with Crippen molar-refractivity contribution in [3.8, 4) is 0 Å². The Morgan fingerprint density at radius 2 is 1.56 bits per heavy atom. The predicted molar refractivity (Wildman–Crippen MR) is 127 cm³/mol. The first kappa shape index (κ1) is 28.4. The Balaban J connectivity index is 2.16. The number of carbonyl (C=O) groups excluding carboxylic acids is 3. The van der Waals surface area contributed by atoms with Crippen LogP contribution in [0, 0.1) is 0 Å². The van der Waals surface area contributed by atoms with Crippen molar-refractivity contribution < 1.29 is 34.5 Å². The number of aromatic amines is 1. The van der Waals surface area contributed by atoms with Gasteiger partial charge in [-0.05, 0) is 19.4 Å². The lowest BCUT2D eigenvalue weighted by Gasteiger charge is -2.26. The molecule has 0 saturated heterocycles. The molecule has 0 aliphatic carbocycles. The minimum absolute atomic E-state index is 0.0157. The number of amides is 3. The molecule has 9 N–H and O–H groups in total. The number of rotatable bonds is 13. The van der Waals surface area contributed by atoms with Gasteiger partial charge < -0.3 is 42.0 Å². The van der Waals surface area contributed by atoms with Gasteiger partial charge in [-0.1, -0.05) is 30.3 Å². The van der Waals surface area contributed by atoms with Gasteiger partial charge in [0.2, 0.25) is 17.7 Å². The Kier molecular flexibility index (Phi) is 10.5. The number of aromatic nitrogens is 2. The summed E-state index contributed by atoms with van der Waals surface area (Å²) in [6, 6.07) is 3.23.